The lowest BCUT2D eigenvalue weighted by Gasteiger charge is -2.17. The van der Waals surface area contributed by atoms with Crippen molar-refractivity contribution in [3.8, 4) is 0 Å². The highest BCUT2D eigenvalue weighted by Crippen LogP contribution is 2.31. The molecule has 0 aliphatic rings. The Bertz CT molecular complexity index is 399. The quantitative estimate of drug-likeness (QED) is 0.635. The smallest absolute Gasteiger partial charge is 0.340 e. The molecule has 0 saturated carbocycles. The van der Waals surface area contributed by atoms with Crippen LogP contribution in [0.2, 0.25) is 0 Å². The zero-order chi connectivity index (χ0) is 12.3. The first-order valence-electron chi connectivity index (χ1n) is 4.86. The fourth-order valence-corrected chi connectivity index (χ4v) is 2.01. The lowest BCUT2D eigenvalue weighted by Crippen LogP contribution is -2.10. The number of pyridine rings is 1. The van der Waals surface area contributed by atoms with E-state index in [0.717, 1.165) is 5.03 Å². The van der Waals surface area contributed by atoms with Crippen LogP contribution in [0.4, 0.5) is 5.69 Å². The Labute approximate surface area is 99.6 Å². The number of anilines is 1. The summed E-state index contributed by atoms with van der Waals surface area (Å²) in [5.74, 6) is -0.435. The third kappa shape index (κ3) is 3.41. The molecule has 1 heterocycles. The van der Waals surface area contributed by atoms with Crippen LogP contribution in [-0.2, 0) is 4.74 Å². The summed E-state index contributed by atoms with van der Waals surface area (Å²) in [6.45, 7) is 6.23. The number of hydrogen-bond acceptors (Lipinski definition) is 5. The Morgan fingerprint density at radius 3 is 2.62 bits per heavy atom. The molecule has 0 aromatic carbocycles. The summed E-state index contributed by atoms with van der Waals surface area (Å²) in [7, 11) is 1.33. The van der Waals surface area contributed by atoms with Gasteiger partial charge in [0.25, 0.3) is 0 Å². The van der Waals surface area contributed by atoms with Crippen molar-refractivity contribution in [3.63, 3.8) is 0 Å². The van der Waals surface area contributed by atoms with E-state index in [1.54, 1.807) is 17.8 Å². The van der Waals surface area contributed by atoms with Crippen LogP contribution in [0.25, 0.3) is 0 Å². The van der Waals surface area contributed by atoms with Crippen molar-refractivity contribution in [3.05, 3.63) is 17.8 Å². The highest BCUT2D eigenvalue weighted by Gasteiger charge is 2.16. The van der Waals surface area contributed by atoms with Gasteiger partial charge in [-0.1, -0.05) is 20.8 Å². The molecular formula is C11H16N2O2S. The van der Waals surface area contributed by atoms with Crippen molar-refractivity contribution in [2.24, 2.45) is 0 Å². The zero-order valence-electron chi connectivity index (χ0n) is 9.90. The number of methoxy groups -OCH3 is 1. The Morgan fingerprint density at radius 1 is 1.50 bits per heavy atom. The largest absolute Gasteiger partial charge is 0.465 e. The maximum atomic E-state index is 11.4. The molecule has 16 heavy (non-hydrogen) atoms. The molecule has 0 atom stereocenters. The van der Waals surface area contributed by atoms with Crippen LogP contribution in [0.15, 0.2) is 17.3 Å². The van der Waals surface area contributed by atoms with Crippen molar-refractivity contribution in [2.45, 2.75) is 30.5 Å². The summed E-state index contributed by atoms with van der Waals surface area (Å²) < 4.78 is 4.68. The molecule has 0 bridgehead atoms. The fourth-order valence-electron chi connectivity index (χ4n) is 1.10. The van der Waals surface area contributed by atoms with E-state index in [1.165, 1.54) is 13.3 Å². The van der Waals surface area contributed by atoms with Crippen LogP contribution in [0.3, 0.4) is 0 Å². The van der Waals surface area contributed by atoms with Gasteiger partial charge in [0.1, 0.15) is 0 Å². The molecule has 88 valence electrons. The molecular weight excluding hydrogens is 224 g/mol. The summed E-state index contributed by atoms with van der Waals surface area (Å²) >= 11 is 1.58. The summed E-state index contributed by atoms with van der Waals surface area (Å²) in [5, 5.41) is 0.766. The predicted octanol–water partition coefficient (Wildman–Crippen LogP) is 2.34. The van der Waals surface area contributed by atoms with Crippen molar-refractivity contribution in [1.29, 1.82) is 0 Å². The van der Waals surface area contributed by atoms with Gasteiger partial charge < -0.3 is 10.5 Å². The van der Waals surface area contributed by atoms with Crippen LogP contribution < -0.4 is 5.73 Å². The van der Waals surface area contributed by atoms with Gasteiger partial charge in [0.15, 0.2) is 0 Å². The van der Waals surface area contributed by atoms with Gasteiger partial charge in [0.2, 0.25) is 0 Å². The highest BCUT2D eigenvalue weighted by molar-refractivity contribution is 8.00. The second-order valence-electron chi connectivity index (χ2n) is 4.32. The van der Waals surface area contributed by atoms with Crippen molar-refractivity contribution in [1.82, 2.24) is 4.98 Å². The first kappa shape index (κ1) is 12.8. The summed E-state index contributed by atoms with van der Waals surface area (Å²) in [6.07, 6.45) is 1.49. The van der Waals surface area contributed by atoms with E-state index in [2.05, 4.69) is 30.5 Å². The Morgan fingerprint density at radius 2 is 2.12 bits per heavy atom. The summed E-state index contributed by atoms with van der Waals surface area (Å²) in [5.41, 5.74) is 6.36. The topological polar surface area (TPSA) is 65.2 Å². The van der Waals surface area contributed by atoms with Crippen LogP contribution in [-0.4, -0.2) is 22.8 Å². The molecule has 0 unspecified atom stereocenters. The number of nitrogens with zero attached hydrogens (tertiary/aromatic N) is 1. The van der Waals surface area contributed by atoms with E-state index in [1.807, 2.05) is 0 Å². The average Bonchev–Trinajstić information content (AvgIpc) is 2.18. The molecule has 0 amide bonds. The van der Waals surface area contributed by atoms with Crippen LogP contribution in [0.5, 0.6) is 0 Å². The lowest BCUT2D eigenvalue weighted by atomic mass is 10.2. The molecule has 4 nitrogen and oxygen atoms in total. The molecule has 0 fully saturated rings. The molecule has 0 aliphatic heterocycles. The number of carbonyl (C=O) groups is 1. The van der Waals surface area contributed by atoms with Crippen molar-refractivity contribution in [2.75, 3.05) is 12.8 Å². The molecule has 1 rings (SSSR count). The lowest BCUT2D eigenvalue weighted by molar-refractivity contribution is 0.0601. The number of carbonyl (C=O) groups excluding carboxylic acids is 1. The average molecular weight is 240 g/mol. The molecule has 0 radical (unpaired) electrons. The minimum Gasteiger partial charge on any atom is -0.465 e. The van der Waals surface area contributed by atoms with Crippen LogP contribution in [0, 0.1) is 0 Å². The number of nitrogens with two attached hydrogens (primary N) is 1. The molecule has 0 aliphatic carbocycles. The number of hydrogen-bond donors (Lipinski definition) is 1. The van der Waals surface area contributed by atoms with Gasteiger partial charge in [-0.25, -0.2) is 9.78 Å². The summed E-state index contributed by atoms with van der Waals surface area (Å²) in [6, 6.07) is 1.66. The molecule has 1 aromatic rings. The van der Waals surface area contributed by atoms with E-state index in [-0.39, 0.29) is 4.75 Å². The van der Waals surface area contributed by atoms with E-state index < -0.39 is 5.97 Å². The van der Waals surface area contributed by atoms with Gasteiger partial charge in [-0.3, -0.25) is 0 Å². The molecule has 2 N–H and O–H groups in total. The Kier molecular flexibility index (Phi) is 3.80. The number of esters is 1. The molecule has 0 saturated heterocycles. The minimum absolute atomic E-state index is 0.0382. The van der Waals surface area contributed by atoms with E-state index in [4.69, 9.17) is 5.73 Å². The number of ether oxygens (including phenoxy) is 1. The van der Waals surface area contributed by atoms with Gasteiger partial charge >= 0.3 is 5.97 Å². The number of thioether (sulfide) groups is 1. The predicted molar refractivity (Wildman–Crippen MR) is 65.6 cm³/mol. The summed E-state index contributed by atoms with van der Waals surface area (Å²) in [4.78, 5) is 15.6. The van der Waals surface area contributed by atoms with Gasteiger partial charge in [-0.15, -0.1) is 11.8 Å². The third-order valence-electron chi connectivity index (χ3n) is 1.73. The normalized spacial score (nSPS) is 11.2. The third-order valence-corrected chi connectivity index (χ3v) is 2.77. The zero-order valence-corrected chi connectivity index (χ0v) is 10.7. The van der Waals surface area contributed by atoms with Gasteiger partial charge in [-0.2, -0.15) is 0 Å². The number of aromatic nitrogens is 1. The van der Waals surface area contributed by atoms with Gasteiger partial charge in [-0.05, 0) is 6.07 Å². The minimum atomic E-state index is -0.435. The van der Waals surface area contributed by atoms with Crippen LogP contribution >= 0.6 is 11.8 Å². The van der Waals surface area contributed by atoms with E-state index in [9.17, 15) is 4.79 Å². The SMILES string of the molecule is COC(=O)c1cc(SC(C)(C)C)ncc1N. The maximum Gasteiger partial charge on any atom is 0.340 e. The van der Waals surface area contributed by atoms with E-state index >= 15 is 0 Å². The molecule has 1 aromatic heterocycles. The van der Waals surface area contributed by atoms with Gasteiger partial charge in [0.05, 0.1) is 29.6 Å². The first-order chi connectivity index (χ1) is 7.33. The number of rotatable bonds is 2. The fraction of sp³-hybridized carbons (Fsp3) is 0.455. The van der Waals surface area contributed by atoms with Crippen molar-refractivity contribution < 1.29 is 9.53 Å². The van der Waals surface area contributed by atoms with Gasteiger partial charge in [0, 0.05) is 4.75 Å². The monoisotopic (exact) mass is 240 g/mol. The first-order valence-corrected chi connectivity index (χ1v) is 5.68. The number of nitrogen functional groups attached to an aromatic ring is 1. The highest BCUT2D eigenvalue weighted by atomic mass is 32.2. The Balaban J connectivity index is 3.03. The molecule has 0 spiro atoms. The second-order valence-corrected chi connectivity index (χ2v) is 6.16. The van der Waals surface area contributed by atoms with Crippen molar-refractivity contribution >= 4 is 23.4 Å². The maximum absolute atomic E-state index is 11.4. The standard InChI is InChI=1S/C11H16N2O2S/c1-11(2,3)16-9-5-7(10(14)15-4)8(12)6-13-9/h5-6H,12H2,1-4H3. The second kappa shape index (κ2) is 4.74. The Hall–Kier alpha value is -1.23. The van der Waals surface area contributed by atoms with Crippen LogP contribution in [0.1, 0.15) is 31.1 Å². The van der Waals surface area contributed by atoms with E-state index in [0.29, 0.717) is 11.3 Å². The molecule has 5 heteroatoms.